The zero-order valence-corrected chi connectivity index (χ0v) is 16.0. The molecule has 4 nitrogen and oxygen atoms in total. The summed E-state index contributed by atoms with van der Waals surface area (Å²) in [4.78, 5) is 4.29. The van der Waals surface area contributed by atoms with Crippen LogP contribution in [0.3, 0.4) is 0 Å². The molecule has 0 fully saturated rings. The summed E-state index contributed by atoms with van der Waals surface area (Å²) < 4.78 is 70.5. The van der Waals surface area contributed by atoms with Crippen molar-refractivity contribution < 1.29 is 26.7 Å². The number of nitrogens with zero attached hydrogens (tertiary/aromatic N) is 3. The van der Waals surface area contributed by atoms with Gasteiger partial charge in [0, 0.05) is 12.6 Å². The van der Waals surface area contributed by atoms with E-state index in [0.717, 1.165) is 12.1 Å². The minimum absolute atomic E-state index is 0.0906. The molecule has 0 saturated heterocycles. The molecule has 0 aliphatic heterocycles. The molecule has 0 saturated carbocycles. The van der Waals surface area contributed by atoms with E-state index in [9.17, 15) is 22.0 Å². The molecule has 1 heterocycles. The Hall–Kier alpha value is -3.75. The second-order valence-corrected chi connectivity index (χ2v) is 6.63. The first-order valence-electron chi connectivity index (χ1n) is 9.03. The highest BCUT2D eigenvalue weighted by Gasteiger charge is 2.31. The number of aromatic nitrogens is 3. The lowest BCUT2D eigenvalue weighted by Gasteiger charge is -2.10. The van der Waals surface area contributed by atoms with Crippen molar-refractivity contribution in [1.82, 2.24) is 14.8 Å². The zero-order valence-electron chi connectivity index (χ0n) is 16.0. The first-order chi connectivity index (χ1) is 14.7. The van der Waals surface area contributed by atoms with E-state index < -0.39 is 18.0 Å². The molecule has 0 radical (unpaired) electrons. The lowest BCUT2D eigenvalue weighted by atomic mass is 10.0. The quantitative estimate of drug-likeness (QED) is 0.373. The third-order valence-corrected chi connectivity index (χ3v) is 4.49. The summed E-state index contributed by atoms with van der Waals surface area (Å²) in [6.45, 7) is 0. The van der Waals surface area contributed by atoms with Crippen LogP contribution in [0.1, 0.15) is 0 Å². The fourth-order valence-electron chi connectivity index (χ4n) is 3.14. The van der Waals surface area contributed by atoms with E-state index in [1.807, 2.05) is 0 Å². The van der Waals surface area contributed by atoms with Crippen molar-refractivity contribution in [2.45, 2.75) is 6.36 Å². The van der Waals surface area contributed by atoms with E-state index in [1.165, 1.54) is 35.0 Å². The van der Waals surface area contributed by atoms with Crippen LogP contribution >= 0.6 is 0 Å². The number of aryl methyl sites for hydroxylation is 1. The summed E-state index contributed by atoms with van der Waals surface area (Å²) >= 11 is 0. The summed E-state index contributed by atoms with van der Waals surface area (Å²) in [5, 5.41) is 4.13. The van der Waals surface area contributed by atoms with Gasteiger partial charge >= 0.3 is 6.36 Å². The lowest BCUT2D eigenvalue weighted by molar-refractivity contribution is -0.274. The van der Waals surface area contributed by atoms with Gasteiger partial charge in [0.15, 0.2) is 11.6 Å². The predicted molar refractivity (Wildman–Crippen MR) is 104 cm³/mol. The molecule has 158 valence electrons. The van der Waals surface area contributed by atoms with Gasteiger partial charge in [-0.1, -0.05) is 36.4 Å². The minimum Gasteiger partial charge on any atom is -0.406 e. The maximum absolute atomic E-state index is 14.1. The van der Waals surface area contributed by atoms with Crippen molar-refractivity contribution >= 4 is 0 Å². The van der Waals surface area contributed by atoms with Crippen LogP contribution in [0, 0.1) is 11.6 Å². The average molecular weight is 431 g/mol. The van der Waals surface area contributed by atoms with Crippen LogP contribution in [-0.4, -0.2) is 21.1 Å². The molecule has 0 aliphatic rings. The molecular formula is C22H14F5N3O. The van der Waals surface area contributed by atoms with Crippen molar-refractivity contribution in [2.24, 2.45) is 7.05 Å². The molecule has 0 atom stereocenters. The maximum atomic E-state index is 14.1. The fourth-order valence-corrected chi connectivity index (χ4v) is 3.14. The van der Waals surface area contributed by atoms with Gasteiger partial charge in [-0.15, -0.1) is 13.2 Å². The monoisotopic (exact) mass is 431 g/mol. The van der Waals surface area contributed by atoms with E-state index in [0.29, 0.717) is 22.5 Å². The third-order valence-electron chi connectivity index (χ3n) is 4.49. The van der Waals surface area contributed by atoms with Crippen LogP contribution in [0.25, 0.3) is 33.9 Å². The van der Waals surface area contributed by atoms with Gasteiger partial charge < -0.3 is 4.74 Å². The van der Waals surface area contributed by atoms with Crippen molar-refractivity contribution in [2.75, 3.05) is 0 Å². The highest BCUT2D eigenvalue weighted by Crippen LogP contribution is 2.30. The van der Waals surface area contributed by atoms with Gasteiger partial charge in [-0.3, -0.25) is 0 Å². The lowest BCUT2D eigenvalue weighted by Crippen LogP contribution is -2.16. The van der Waals surface area contributed by atoms with Crippen LogP contribution in [0.4, 0.5) is 22.0 Å². The molecule has 0 bridgehead atoms. The topological polar surface area (TPSA) is 39.9 Å². The summed E-state index contributed by atoms with van der Waals surface area (Å²) in [6, 6.07) is 16.0. The molecule has 0 spiro atoms. The molecule has 4 rings (SSSR count). The van der Waals surface area contributed by atoms with Crippen molar-refractivity contribution in [3.05, 3.63) is 78.4 Å². The maximum Gasteiger partial charge on any atom is 0.573 e. The molecular weight excluding hydrogens is 417 g/mol. The highest BCUT2D eigenvalue weighted by atomic mass is 19.4. The van der Waals surface area contributed by atoms with Gasteiger partial charge in [0.2, 0.25) is 0 Å². The van der Waals surface area contributed by atoms with Gasteiger partial charge in [-0.2, -0.15) is 5.10 Å². The molecule has 0 amide bonds. The number of hydrogen-bond donors (Lipinski definition) is 0. The normalized spacial score (nSPS) is 11.5. The Balaban J connectivity index is 1.67. The number of alkyl halides is 3. The number of rotatable bonds is 4. The van der Waals surface area contributed by atoms with Crippen LogP contribution in [0.2, 0.25) is 0 Å². The van der Waals surface area contributed by atoms with Crippen molar-refractivity contribution in [3.8, 4) is 39.7 Å². The zero-order chi connectivity index (χ0) is 22.2. The number of ether oxygens (including phenoxy) is 1. The van der Waals surface area contributed by atoms with Crippen LogP contribution in [-0.2, 0) is 7.05 Å². The van der Waals surface area contributed by atoms with E-state index in [2.05, 4.69) is 14.8 Å². The van der Waals surface area contributed by atoms with E-state index in [-0.39, 0.29) is 17.1 Å². The Bertz CT molecular complexity index is 1210. The molecule has 0 N–H and O–H groups in total. The largest absolute Gasteiger partial charge is 0.573 e. The summed E-state index contributed by atoms with van der Waals surface area (Å²) in [6.07, 6.45) is -4.76. The SMILES string of the molecule is Cn1nc(-c2c(F)cccc2F)nc1-c1cccc(-c2ccc(OC(F)(F)F)cc2)c1. The first-order valence-corrected chi connectivity index (χ1v) is 9.03. The fraction of sp³-hybridized carbons (Fsp3) is 0.0909. The minimum atomic E-state index is -4.76. The van der Waals surface area contributed by atoms with Crippen LogP contribution < -0.4 is 4.74 Å². The predicted octanol–water partition coefficient (Wildman–Crippen LogP) is 5.99. The van der Waals surface area contributed by atoms with Gasteiger partial charge in [-0.05, 0) is 41.5 Å². The Kier molecular flexibility index (Phi) is 5.18. The molecule has 4 aromatic rings. The second kappa shape index (κ2) is 7.82. The summed E-state index contributed by atoms with van der Waals surface area (Å²) in [7, 11) is 1.60. The van der Waals surface area contributed by atoms with Crippen LogP contribution in [0.5, 0.6) is 5.75 Å². The third kappa shape index (κ3) is 4.40. The second-order valence-electron chi connectivity index (χ2n) is 6.63. The molecule has 0 aliphatic carbocycles. The van der Waals surface area contributed by atoms with Crippen LogP contribution in [0.15, 0.2) is 66.7 Å². The summed E-state index contributed by atoms with van der Waals surface area (Å²) in [5.74, 6) is -1.58. The first kappa shape index (κ1) is 20.5. The average Bonchev–Trinajstić information content (AvgIpc) is 3.08. The highest BCUT2D eigenvalue weighted by molar-refractivity contribution is 5.71. The van der Waals surface area contributed by atoms with Crippen molar-refractivity contribution in [1.29, 1.82) is 0 Å². The van der Waals surface area contributed by atoms with Gasteiger partial charge in [0.1, 0.15) is 17.4 Å². The van der Waals surface area contributed by atoms with Gasteiger partial charge in [0.25, 0.3) is 0 Å². The molecule has 31 heavy (non-hydrogen) atoms. The Morgan fingerprint density at radius 2 is 1.42 bits per heavy atom. The van der Waals surface area contributed by atoms with Gasteiger partial charge in [-0.25, -0.2) is 18.4 Å². The number of benzene rings is 3. The number of hydrogen-bond acceptors (Lipinski definition) is 3. The Morgan fingerprint density at radius 1 is 0.806 bits per heavy atom. The molecule has 0 unspecified atom stereocenters. The molecule has 9 heteroatoms. The Labute approximate surface area is 173 Å². The smallest absolute Gasteiger partial charge is 0.406 e. The summed E-state index contributed by atoms with van der Waals surface area (Å²) in [5.41, 5.74) is 1.66. The van der Waals surface area contributed by atoms with E-state index in [4.69, 9.17) is 0 Å². The standard InChI is InChI=1S/C22H14F5N3O/c1-30-21(28-20(29-30)19-17(23)6-3-7-18(19)24)15-5-2-4-14(12-15)13-8-10-16(11-9-13)31-22(25,26)27/h2-12H,1H3. The molecule has 3 aromatic carbocycles. The van der Waals surface area contributed by atoms with E-state index >= 15 is 0 Å². The van der Waals surface area contributed by atoms with Gasteiger partial charge in [0.05, 0.1) is 5.56 Å². The van der Waals surface area contributed by atoms with Crippen molar-refractivity contribution in [3.63, 3.8) is 0 Å². The molecule has 1 aromatic heterocycles. The van der Waals surface area contributed by atoms with E-state index in [1.54, 1.807) is 31.3 Å². The Morgan fingerprint density at radius 3 is 2.06 bits per heavy atom. The number of halogens is 5.